The smallest absolute Gasteiger partial charge is 0.307 e. The lowest BCUT2D eigenvalue weighted by molar-refractivity contribution is -0.142. The minimum atomic E-state index is -0.240. The van der Waals surface area contributed by atoms with E-state index >= 15 is 0 Å². The topological polar surface area (TPSA) is 92.3 Å². The van der Waals surface area contributed by atoms with Gasteiger partial charge in [0.25, 0.3) is 0 Å². The monoisotopic (exact) mass is 296 g/mol. The molecule has 0 saturated heterocycles. The van der Waals surface area contributed by atoms with Crippen LogP contribution >= 0.6 is 0 Å². The Morgan fingerprint density at radius 3 is 2.24 bits per heavy atom. The summed E-state index contributed by atoms with van der Waals surface area (Å²) in [5.74, 6) is 1.28. The molecule has 8 heteroatoms. The van der Waals surface area contributed by atoms with Crippen molar-refractivity contribution in [2.75, 3.05) is 49.3 Å². The summed E-state index contributed by atoms with van der Waals surface area (Å²) in [4.78, 5) is 25.9. The van der Waals surface area contributed by atoms with Gasteiger partial charge in [-0.25, -0.2) is 0 Å². The van der Waals surface area contributed by atoms with Crippen LogP contribution in [-0.4, -0.2) is 54.7 Å². The molecular weight excluding hydrogens is 272 g/mol. The Morgan fingerprint density at radius 2 is 1.71 bits per heavy atom. The SMILES string of the molecule is CCCNc1nc(NCCC(=O)OCC)nc(N(C)C)n1. The highest BCUT2D eigenvalue weighted by molar-refractivity contribution is 5.69. The quantitative estimate of drug-likeness (QED) is 0.655. The first kappa shape index (κ1) is 16.9. The van der Waals surface area contributed by atoms with E-state index in [1.807, 2.05) is 14.1 Å². The molecule has 1 heterocycles. The van der Waals surface area contributed by atoms with Gasteiger partial charge in [-0.3, -0.25) is 4.79 Å². The van der Waals surface area contributed by atoms with Crippen molar-refractivity contribution in [1.29, 1.82) is 0 Å². The van der Waals surface area contributed by atoms with Gasteiger partial charge in [0, 0.05) is 27.2 Å². The minimum Gasteiger partial charge on any atom is -0.466 e. The first-order valence-electron chi connectivity index (χ1n) is 7.13. The second kappa shape index (κ2) is 8.93. The molecule has 1 aromatic rings. The van der Waals surface area contributed by atoms with Crippen LogP contribution in [-0.2, 0) is 9.53 Å². The summed E-state index contributed by atoms with van der Waals surface area (Å²) in [6.07, 6.45) is 1.25. The number of nitrogens with zero attached hydrogens (tertiary/aromatic N) is 4. The third kappa shape index (κ3) is 6.24. The molecule has 2 N–H and O–H groups in total. The number of aromatic nitrogens is 3. The van der Waals surface area contributed by atoms with Crippen LogP contribution in [0.3, 0.4) is 0 Å². The van der Waals surface area contributed by atoms with Crippen molar-refractivity contribution >= 4 is 23.8 Å². The summed E-state index contributed by atoms with van der Waals surface area (Å²) >= 11 is 0. The van der Waals surface area contributed by atoms with Crippen LogP contribution in [0, 0.1) is 0 Å². The molecule has 0 atom stereocenters. The van der Waals surface area contributed by atoms with Gasteiger partial charge in [-0.1, -0.05) is 6.92 Å². The number of esters is 1. The van der Waals surface area contributed by atoms with Crippen molar-refractivity contribution in [1.82, 2.24) is 15.0 Å². The number of carbonyl (C=O) groups is 1. The van der Waals surface area contributed by atoms with Gasteiger partial charge < -0.3 is 20.3 Å². The molecule has 1 aromatic heterocycles. The molecule has 0 fully saturated rings. The largest absolute Gasteiger partial charge is 0.466 e. The van der Waals surface area contributed by atoms with Crippen molar-refractivity contribution in [3.05, 3.63) is 0 Å². The summed E-state index contributed by atoms with van der Waals surface area (Å²) in [6.45, 7) is 5.45. The molecule has 0 saturated carbocycles. The Hall–Kier alpha value is -2.12. The fourth-order valence-electron chi connectivity index (χ4n) is 1.47. The van der Waals surface area contributed by atoms with Crippen LogP contribution in [0.2, 0.25) is 0 Å². The van der Waals surface area contributed by atoms with Crippen LogP contribution in [0.5, 0.6) is 0 Å². The Morgan fingerprint density at radius 1 is 1.10 bits per heavy atom. The van der Waals surface area contributed by atoms with E-state index in [9.17, 15) is 4.79 Å². The third-order valence-electron chi connectivity index (χ3n) is 2.47. The summed E-state index contributed by atoms with van der Waals surface area (Å²) in [5.41, 5.74) is 0. The van der Waals surface area contributed by atoms with Crippen molar-refractivity contribution in [2.24, 2.45) is 0 Å². The highest BCUT2D eigenvalue weighted by Crippen LogP contribution is 2.11. The van der Waals surface area contributed by atoms with Crippen LogP contribution in [0.25, 0.3) is 0 Å². The summed E-state index contributed by atoms with van der Waals surface area (Å²) in [7, 11) is 3.72. The predicted molar refractivity (Wildman–Crippen MR) is 82.7 cm³/mol. The molecule has 0 aliphatic heterocycles. The molecular formula is C13H24N6O2. The van der Waals surface area contributed by atoms with E-state index < -0.39 is 0 Å². The second-order valence-electron chi connectivity index (χ2n) is 4.59. The van der Waals surface area contributed by atoms with Gasteiger partial charge in [0.05, 0.1) is 13.0 Å². The molecule has 8 nitrogen and oxygen atoms in total. The van der Waals surface area contributed by atoms with Crippen molar-refractivity contribution < 1.29 is 9.53 Å². The van der Waals surface area contributed by atoms with E-state index in [2.05, 4.69) is 32.5 Å². The normalized spacial score (nSPS) is 10.1. The molecule has 1 rings (SSSR count). The number of nitrogens with one attached hydrogen (secondary N) is 2. The van der Waals surface area contributed by atoms with Gasteiger partial charge in [0.1, 0.15) is 0 Å². The number of anilines is 3. The molecule has 0 aromatic carbocycles. The average Bonchev–Trinajstić information content (AvgIpc) is 2.45. The van der Waals surface area contributed by atoms with E-state index in [4.69, 9.17) is 4.74 Å². The number of hydrogen-bond donors (Lipinski definition) is 2. The Kier molecular flexibility index (Phi) is 7.20. The van der Waals surface area contributed by atoms with Crippen LogP contribution in [0.1, 0.15) is 26.7 Å². The lowest BCUT2D eigenvalue weighted by Crippen LogP contribution is -2.18. The lowest BCUT2D eigenvalue weighted by atomic mass is 10.4. The second-order valence-corrected chi connectivity index (χ2v) is 4.59. The number of ether oxygens (including phenoxy) is 1. The van der Waals surface area contributed by atoms with Crippen LogP contribution in [0.15, 0.2) is 0 Å². The minimum absolute atomic E-state index is 0.240. The zero-order valence-electron chi connectivity index (χ0n) is 13.1. The van der Waals surface area contributed by atoms with E-state index in [1.54, 1.807) is 11.8 Å². The van der Waals surface area contributed by atoms with Crippen molar-refractivity contribution in [3.8, 4) is 0 Å². The van der Waals surface area contributed by atoms with Crippen LogP contribution < -0.4 is 15.5 Å². The fourth-order valence-corrected chi connectivity index (χ4v) is 1.47. The standard InChI is InChI=1S/C13H24N6O2/c1-5-8-14-11-16-12(18-13(17-11)19(3)4)15-9-7-10(20)21-6-2/h5-9H2,1-4H3,(H2,14,15,16,17,18). The maximum atomic E-state index is 11.3. The summed E-state index contributed by atoms with van der Waals surface area (Å²) in [5, 5.41) is 6.15. The Bertz CT molecular complexity index is 452. The van der Waals surface area contributed by atoms with E-state index in [-0.39, 0.29) is 12.4 Å². The van der Waals surface area contributed by atoms with Gasteiger partial charge in [-0.2, -0.15) is 15.0 Å². The molecule has 0 amide bonds. The molecule has 0 radical (unpaired) electrons. The van der Waals surface area contributed by atoms with Crippen molar-refractivity contribution in [2.45, 2.75) is 26.7 Å². The molecule has 0 aliphatic carbocycles. The number of hydrogen-bond acceptors (Lipinski definition) is 8. The maximum Gasteiger partial charge on any atom is 0.307 e. The lowest BCUT2D eigenvalue weighted by Gasteiger charge is -2.13. The van der Waals surface area contributed by atoms with E-state index in [1.165, 1.54) is 0 Å². The molecule has 0 bridgehead atoms. The molecule has 0 unspecified atom stereocenters. The highest BCUT2D eigenvalue weighted by Gasteiger charge is 2.08. The zero-order valence-corrected chi connectivity index (χ0v) is 13.1. The Labute approximate surface area is 125 Å². The zero-order chi connectivity index (χ0) is 15.7. The van der Waals surface area contributed by atoms with Gasteiger partial charge in [0.15, 0.2) is 0 Å². The highest BCUT2D eigenvalue weighted by atomic mass is 16.5. The molecule has 0 spiro atoms. The predicted octanol–water partition coefficient (Wildman–Crippen LogP) is 1.12. The Balaban J connectivity index is 2.66. The first-order valence-corrected chi connectivity index (χ1v) is 7.13. The van der Waals surface area contributed by atoms with Gasteiger partial charge >= 0.3 is 5.97 Å². The molecule has 118 valence electrons. The summed E-state index contributed by atoms with van der Waals surface area (Å²) < 4.78 is 4.87. The van der Waals surface area contributed by atoms with Crippen molar-refractivity contribution in [3.63, 3.8) is 0 Å². The maximum absolute atomic E-state index is 11.3. The van der Waals surface area contributed by atoms with E-state index in [0.29, 0.717) is 31.0 Å². The third-order valence-corrected chi connectivity index (χ3v) is 2.47. The number of carbonyl (C=O) groups excluding carboxylic acids is 1. The molecule has 0 aliphatic rings. The van der Waals surface area contributed by atoms with Gasteiger partial charge in [-0.05, 0) is 13.3 Å². The molecule has 21 heavy (non-hydrogen) atoms. The fraction of sp³-hybridized carbons (Fsp3) is 0.692. The van der Waals surface area contributed by atoms with Gasteiger partial charge in [-0.15, -0.1) is 0 Å². The summed E-state index contributed by atoms with van der Waals surface area (Å²) in [6, 6.07) is 0. The average molecular weight is 296 g/mol. The van der Waals surface area contributed by atoms with E-state index in [0.717, 1.165) is 13.0 Å². The van der Waals surface area contributed by atoms with Crippen LogP contribution in [0.4, 0.5) is 17.8 Å². The number of rotatable bonds is 9. The first-order chi connectivity index (χ1) is 10.1. The van der Waals surface area contributed by atoms with Gasteiger partial charge in [0.2, 0.25) is 17.8 Å².